The highest BCUT2D eigenvalue weighted by molar-refractivity contribution is 6.30. The minimum Gasteiger partial charge on any atom is -0.489 e. The molecule has 3 N–H and O–H groups in total. The minimum atomic E-state index is -0.0249. The van der Waals surface area contributed by atoms with E-state index in [-0.39, 0.29) is 24.0 Å². The first kappa shape index (κ1) is 20.8. The van der Waals surface area contributed by atoms with Crippen molar-refractivity contribution in [3.63, 3.8) is 0 Å². The summed E-state index contributed by atoms with van der Waals surface area (Å²) in [5.74, 6) is 1.87. The number of aliphatic imine (C=N–C) groups is 1. The van der Waals surface area contributed by atoms with Gasteiger partial charge in [0.15, 0.2) is 5.96 Å². The van der Waals surface area contributed by atoms with E-state index in [9.17, 15) is 4.79 Å². The summed E-state index contributed by atoms with van der Waals surface area (Å²) in [7, 11) is 1.76. The lowest BCUT2D eigenvalue weighted by molar-refractivity contribution is -0.126. The number of nitrogens with one attached hydrogen (secondary N) is 3. The molecule has 0 spiro atoms. The zero-order valence-corrected chi connectivity index (χ0v) is 17.5. The summed E-state index contributed by atoms with van der Waals surface area (Å²) < 4.78 is 5.89. The standard InChI is InChI=1S/C21H31ClN4O2/c1-14(28-19-10-6-16(22)7-11-19)13-24-21(23-2)26-18-5-3-4-15(12-18)20(27)25-17-8-9-17/h6-7,10-11,14-15,17-18H,3-5,8-9,12-13H2,1-2H3,(H,25,27)(H2,23,24,26). The first-order valence-corrected chi connectivity index (χ1v) is 10.6. The Morgan fingerprint density at radius 2 is 1.93 bits per heavy atom. The van der Waals surface area contributed by atoms with Gasteiger partial charge in [0.25, 0.3) is 0 Å². The molecule has 3 unspecified atom stereocenters. The molecule has 154 valence electrons. The third-order valence-electron chi connectivity index (χ3n) is 5.24. The van der Waals surface area contributed by atoms with Crippen LogP contribution in [0.1, 0.15) is 45.4 Å². The largest absolute Gasteiger partial charge is 0.489 e. The molecule has 0 radical (unpaired) electrons. The van der Waals surface area contributed by atoms with E-state index >= 15 is 0 Å². The van der Waals surface area contributed by atoms with Gasteiger partial charge in [-0.25, -0.2) is 0 Å². The molecule has 0 saturated heterocycles. The van der Waals surface area contributed by atoms with Crippen LogP contribution in [0.4, 0.5) is 0 Å². The van der Waals surface area contributed by atoms with Crippen LogP contribution in [0.25, 0.3) is 0 Å². The van der Waals surface area contributed by atoms with Crippen LogP contribution in [0.2, 0.25) is 5.02 Å². The van der Waals surface area contributed by atoms with Gasteiger partial charge in [-0.1, -0.05) is 18.0 Å². The number of benzene rings is 1. The smallest absolute Gasteiger partial charge is 0.223 e. The van der Waals surface area contributed by atoms with Crippen LogP contribution in [0, 0.1) is 5.92 Å². The molecule has 2 aliphatic rings. The molecule has 7 heteroatoms. The van der Waals surface area contributed by atoms with Crippen molar-refractivity contribution in [2.24, 2.45) is 10.9 Å². The first-order chi connectivity index (χ1) is 13.5. The highest BCUT2D eigenvalue weighted by Gasteiger charge is 2.31. The summed E-state index contributed by atoms with van der Waals surface area (Å²) in [5, 5.41) is 10.6. The molecule has 6 nitrogen and oxygen atoms in total. The third-order valence-corrected chi connectivity index (χ3v) is 5.49. The first-order valence-electron chi connectivity index (χ1n) is 10.2. The van der Waals surface area contributed by atoms with Crippen LogP contribution in [-0.4, -0.2) is 43.6 Å². The second kappa shape index (κ2) is 10.0. The van der Waals surface area contributed by atoms with Crippen LogP contribution in [-0.2, 0) is 4.79 Å². The maximum Gasteiger partial charge on any atom is 0.223 e. The molecule has 3 rings (SSSR count). The van der Waals surface area contributed by atoms with Crippen molar-refractivity contribution in [2.75, 3.05) is 13.6 Å². The van der Waals surface area contributed by atoms with Gasteiger partial charge < -0.3 is 20.7 Å². The van der Waals surface area contributed by atoms with Gasteiger partial charge in [-0.15, -0.1) is 0 Å². The van der Waals surface area contributed by atoms with E-state index in [0.29, 0.717) is 17.6 Å². The van der Waals surface area contributed by atoms with E-state index in [1.165, 1.54) is 0 Å². The number of amides is 1. The number of hydrogen-bond donors (Lipinski definition) is 3. The maximum atomic E-state index is 12.3. The zero-order valence-electron chi connectivity index (χ0n) is 16.7. The Bertz CT molecular complexity index is 675. The molecule has 0 bridgehead atoms. The van der Waals surface area contributed by atoms with Gasteiger partial charge in [0.2, 0.25) is 5.91 Å². The van der Waals surface area contributed by atoms with E-state index < -0.39 is 0 Å². The van der Waals surface area contributed by atoms with Gasteiger partial charge in [-0.05, 0) is 63.3 Å². The van der Waals surface area contributed by atoms with E-state index in [2.05, 4.69) is 20.9 Å². The quantitative estimate of drug-likeness (QED) is 0.480. The average molecular weight is 407 g/mol. The van der Waals surface area contributed by atoms with Crippen molar-refractivity contribution in [1.29, 1.82) is 0 Å². The fourth-order valence-corrected chi connectivity index (χ4v) is 3.65. The molecular formula is C21H31ClN4O2. The Balaban J connectivity index is 1.41. The van der Waals surface area contributed by atoms with Gasteiger partial charge in [0, 0.05) is 30.1 Å². The Labute approximate surface area is 172 Å². The predicted octanol–water partition coefficient (Wildman–Crippen LogP) is 3.11. The molecule has 0 aromatic heterocycles. The van der Waals surface area contributed by atoms with Crippen molar-refractivity contribution in [1.82, 2.24) is 16.0 Å². The summed E-state index contributed by atoms with van der Waals surface area (Å²) in [5.41, 5.74) is 0. The number of guanidine groups is 1. The third kappa shape index (κ3) is 6.59. The number of hydrogen-bond acceptors (Lipinski definition) is 3. The molecule has 2 fully saturated rings. The lowest BCUT2D eigenvalue weighted by Gasteiger charge is -2.30. The van der Waals surface area contributed by atoms with Crippen LogP contribution in [0.3, 0.4) is 0 Å². The Morgan fingerprint density at radius 1 is 1.18 bits per heavy atom. The van der Waals surface area contributed by atoms with Gasteiger partial charge in [0.1, 0.15) is 11.9 Å². The fourth-order valence-electron chi connectivity index (χ4n) is 3.52. The molecule has 28 heavy (non-hydrogen) atoms. The molecule has 1 aromatic carbocycles. The Hall–Kier alpha value is -1.95. The van der Waals surface area contributed by atoms with Gasteiger partial charge in [-0.2, -0.15) is 0 Å². The molecular weight excluding hydrogens is 376 g/mol. The lowest BCUT2D eigenvalue weighted by Crippen LogP contribution is -2.48. The summed E-state index contributed by atoms with van der Waals surface area (Å²) in [4.78, 5) is 16.7. The molecule has 2 saturated carbocycles. The molecule has 1 aromatic rings. The van der Waals surface area contributed by atoms with E-state index in [1.54, 1.807) is 7.05 Å². The van der Waals surface area contributed by atoms with Crippen LogP contribution < -0.4 is 20.7 Å². The monoisotopic (exact) mass is 406 g/mol. The van der Waals surface area contributed by atoms with Gasteiger partial charge >= 0.3 is 0 Å². The van der Waals surface area contributed by atoms with E-state index in [0.717, 1.165) is 50.2 Å². The van der Waals surface area contributed by atoms with Crippen molar-refractivity contribution in [3.8, 4) is 5.75 Å². The second-order valence-corrected chi connectivity index (χ2v) is 8.26. The van der Waals surface area contributed by atoms with Crippen molar-refractivity contribution in [3.05, 3.63) is 29.3 Å². The summed E-state index contributed by atoms with van der Waals surface area (Å²) in [6.07, 6.45) is 6.20. The fraction of sp³-hybridized carbons (Fsp3) is 0.619. The highest BCUT2D eigenvalue weighted by Crippen LogP contribution is 2.26. The average Bonchev–Trinajstić information content (AvgIpc) is 3.51. The SMILES string of the molecule is CN=C(NCC(C)Oc1ccc(Cl)cc1)NC1CCCC(C(=O)NC2CC2)C1. The summed E-state index contributed by atoms with van der Waals surface area (Å²) in [6, 6.07) is 8.05. The second-order valence-electron chi connectivity index (χ2n) is 7.82. The molecule has 1 amide bonds. The molecule has 3 atom stereocenters. The van der Waals surface area contributed by atoms with Crippen LogP contribution in [0.15, 0.2) is 29.3 Å². The highest BCUT2D eigenvalue weighted by atomic mass is 35.5. The normalized spacial score (nSPS) is 23.6. The topological polar surface area (TPSA) is 74.8 Å². The molecule has 0 heterocycles. The number of halogens is 1. The Kier molecular flexibility index (Phi) is 7.43. The van der Waals surface area contributed by atoms with Gasteiger partial charge in [0.05, 0.1) is 6.54 Å². The Morgan fingerprint density at radius 3 is 2.61 bits per heavy atom. The van der Waals surface area contributed by atoms with Crippen molar-refractivity contribution in [2.45, 2.75) is 63.6 Å². The van der Waals surface area contributed by atoms with Gasteiger partial charge in [-0.3, -0.25) is 9.79 Å². The molecule has 2 aliphatic carbocycles. The van der Waals surface area contributed by atoms with Crippen LogP contribution >= 0.6 is 11.6 Å². The number of ether oxygens (including phenoxy) is 1. The summed E-state index contributed by atoms with van der Waals surface area (Å²) >= 11 is 5.90. The number of carbonyl (C=O) groups is 1. The van der Waals surface area contributed by atoms with E-state index in [4.69, 9.17) is 16.3 Å². The number of rotatable bonds is 7. The lowest BCUT2D eigenvalue weighted by atomic mass is 9.85. The number of nitrogens with zero attached hydrogens (tertiary/aromatic N) is 1. The van der Waals surface area contributed by atoms with Crippen LogP contribution in [0.5, 0.6) is 5.75 Å². The van der Waals surface area contributed by atoms with Crippen molar-refractivity contribution < 1.29 is 9.53 Å². The zero-order chi connectivity index (χ0) is 19.9. The predicted molar refractivity (Wildman–Crippen MR) is 113 cm³/mol. The maximum absolute atomic E-state index is 12.3. The number of carbonyl (C=O) groups excluding carboxylic acids is 1. The van der Waals surface area contributed by atoms with Crippen molar-refractivity contribution >= 4 is 23.5 Å². The molecule has 0 aliphatic heterocycles. The minimum absolute atomic E-state index is 0.0249. The summed E-state index contributed by atoms with van der Waals surface area (Å²) in [6.45, 7) is 2.63. The van der Waals surface area contributed by atoms with E-state index in [1.807, 2.05) is 31.2 Å².